The van der Waals surface area contributed by atoms with Crippen molar-refractivity contribution in [2.24, 2.45) is 0 Å². The fourth-order valence-electron chi connectivity index (χ4n) is 1.90. The van der Waals surface area contributed by atoms with Crippen molar-refractivity contribution in [3.8, 4) is 5.75 Å². The highest BCUT2D eigenvalue weighted by Crippen LogP contribution is 2.18. The number of ether oxygens (including phenoxy) is 1. The molecule has 0 unspecified atom stereocenters. The second-order valence-electron chi connectivity index (χ2n) is 4.68. The number of carbonyl (C=O) groups is 1. The maximum Gasteiger partial charge on any atom is 0.278 e. The van der Waals surface area contributed by atoms with Gasteiger partial charge in [0.05, 0.1) is 0 Å². The number of hydrogen-bond acceptors (Lipinski definition) is 4. The van der Waals surface area contributed by atoms with Crippen LogP contribution >= 0.6 is 0 Å². The van der Waals surface area contributed by atoms with Gasteiger partial charge in [-0.2, -0.15) is 0 Å². The number of nitrogens with one attached hydrogen (secondary N) is 1. The lowest BCUT2D eigenvalue weighted by molar-refractivity contribution is 0.0799. The topological polar surface area (TPSA) is 71.5 Å². The molecule has 0 aliphatic heterocycles. The van der Waals surface area contributed by atoms with Gasteiger partial charge in [0.2, 0.25) is 0 Å². The molecule has 2 N–H and O–H groups in total. The molecule has 1 amide bonds. The Kier molecular flexibility index (Phi) is 5.99. The van der Waals surface area contributed by atoms with Crippen molar-refractivity contribution in [1.82, 2.24) is 4.98 Å². The summed E-state index contributed by atoms with van der Waals surface area (Å²) in [6.07, 6.45) is -0.723. The quantitative estimate of drug-likeness (QED) is 0.822. The summed E-state index contributed by atoms with van der Waals surface area (Å²) in [7, 11) is 0. The number of carbonyl (C=O) groups excluding carboxylic acids is 1. The van der Waals surface area contributed by atoms with Gasteiger partial charge >= 0.3 is 0 Å². The third-order valence-electron chi connectivity index (χ3n) is 2.96. The molecular weight excluding hydrogens is 306 g/mol. The van der Waals surface area contributed by atoms with Crippen molar-refractivity contribution in [3.63, 3.8) is 0 Å². The average Bonchev–Trinajstić information content (AvgIpc) is 2.55. The second-order valence-corrected chi connectivity index (χ2v) is 4.68. The molecule has 2 rings (SSSR count). The molecule has 0 radical (unpaired) electrons. The van der Waals surface area contributed by atoms with Crippen LogP contribution in [0.3, 0.4) is 0 Å². The van der Waals surface area contributed by atoms with E-state index in [-0.39, 0.29) is 18.1 Å². The maximum atomic E-state index is 12.2. The molecule has 2 aromatic rings. The van der Waals surface area contributed by atoms with Gasteiger partial charge in [-0.1, -0.05) is 12.1 Å². The number of aliphatic hydroxyl groups is 1. The number of anilines is 1. The molecule has 1 heterocycles. The third-order valence-corrected chi connectivity index (χ3v) is 2.96. The van der Waals surface area contributed by atoms with E-state index in [0.717, 1.165) is 5.56 Å². The molecule has 5 nitrogen and oxygen atoms in total. The van der Waals surface area contributed by atoms with Crippen molar-refractivity contribution in [3.05, 3.63) is 53.9 Å². The number of nitrogens with zero attached hydrogens (tertiary/aromatic N) is 1. The predicted molar refractivity (Wildman–Crippen MR) is 80.9 cm³/mol. The Morgan fingerprint density at radius 1 is 1.26 bits per heavy atom. The van der Waals surface area contributed by atoms with Gasteiger partial charge in [-0.15, -0.1) is 0 Å². The second kappa shape index (κ2) is 8.19. The molecule has 0 aliphatic rings. The van der Waals surface area contributed by atoms with Crippen molar-refractivity contribution in [2.75, 3.05) is 18.5 Å². The van der Waals surface area contributed by atoms with E-state index in [1.165, 1.54) is 18.3 Å². The van der Waals surface area contributed by atoms with Gasteiger partial charge < -0.3 is 15.2 Å². The number of aliphatic hydroxyl groups excluding tert-OH is 1. The van der Waals surface area contributed by atoms with Gasteiger partial charge in [0.15, 0.2) is 11.4 Å². The molecule has 0 aliphatic carbocycles. The lowest BCUT2D eigenvalue weighted by Gasteiger charge is -2.10. The number of rotatable bonds is 7. The minimum absolute atomic E-state index is 0.00204. The van der Waals surface area contributed by atoms with Crippen LogP contribution < -0.4 is 10.1 Å². The Hall–Kier alpha value is -2.54. The van der Waals surface area contributed by atoms with Gasteiger partial charge in [0, 0.05) is 18.5 Å². The van der Waals surface area contributed by atoms with E-state index in [0.29, 0.717) is 12.1 Å². The van der Waals surface area contributed by atoms with E-state index in [1.54, 1.807) is 24.3 Å². The fourth-order valence-corrected chi connectivity index (χ4v) is 1.90. The van der Waals surface area contributed by atoms with Crippen LogP contribution in [0, 0.1) is 0 Å². The van der Waals surface area contributed by atoms with Crippen LogP contribution in [0.1, 0.15) is 16.1 Å². The normalized spacial score (nSPS) is 10.6. The Labute approximate surface area is 131 Å². The van der Waals surface area contributed by atoms with Gasteiger partial charge in [-0.3, -0.25) is 4.79 Å². The SMILES string of the molecule is O=C(Nc1ccc(CCO)cc1)c1ncccc1OCC(F)F. The van der Waals surface area contributed by atoms with Crippen LogP contribution in [-0.4, -0.2) is 35.6 Å². The summed E-state index contributed by atoms with van der Waals surface area (Å²) in [6, 6.07) is 9.84. The fraction of sp³-hybridized carbons (Fsp3) is 0.250. The number of pyridine rings is 1. The van der Waals surface area contributed by atoms with E-state index >= 15 is 0 Å². The van der Waals surface area contributed by atoms with Crippen LogP contribution in [0.5, 0.6) is 5.75 Å². The van der Waals surface area contributed by atoms with E-state index < -0.39 is 18.9 Å². The largest absolute Gasteiger partial charge is 0.485 e. The molecular formula is C16H16F2N2O3. The summed E-state index contributed by atoms with van der Waals surface area (Å²) in [5, 5.41) is 11.5. The molecule has 7 heteroatoms. The number of hydrogen-bond donors (Lipinski definition) is 2. The Balaban J connectivity index is 2.08. The Morgan fingerprint density at radius 2 is 2.00 bits per heavy atom. The minimum atomic E-state index is -2.63. The monoisotopic (exact) mass is 322 g/mol. The first-order valence-corrected chi connectivity index (χ1v) is 6.97. The maximum absolute atomic E-state index is 12.2. The summed E-state index contributed by atoms with van der Waals surface area (Å²) in [4.78, 5) is 16.1. The highest BCUT2D eigenvalue weighted by molar-refractivity contribution is 6.04. The van der Waals surface area contributed by atoms with Gasteiger partial charge in [0.1, 0.15) is 6.61 Å². The van der Waals surface area contributed by atoms with Gasteiger partial charge in [0.25, 0.3) is 12.3 Å². The summed E-state index contributed by atoms with van der Waals surface area (Å²) in [6.45, 7) is -0.758. The van der Waals surface area contributed by atoms with Crippen LogP contribution in [0.2, 0.25) is 0 Å². The van der Waals surface area contributed by atoms with Crippen molar-refractivity contribution >= 4 is 11.6 Å². The molecule has 1 aromatic carbocycles. The highest BCUT2D eigenvalue weighted by Gasteiger charge is 2.15. The zero-order valence-corrected chi connectivity index (χ0v) is 12.2. The zero-order valence-electron chi connectivity index (χ0n) is 12.2. The van der Waals surface area contributed by atoms with Crippen molar-refractivity contribution in [2.45, 2.75) is 12.8 Å². The highest BCUT2D eigenvalue weighted by atomic mass is 19.3. The number of amides is 1. The lowest BCUT2D eigenvalue weighted by atomic mass is 10.1. The molecule has 23 heavy (non-hydrogen) atoms. The smallest absolute Gasteiger partial charge is 0.278 e. The number of alkyl halides is 2. The van der Waals surface area contributed by atoms with E-state index in [2.05, 4.69) is 10.3 Å². The molecule has 1 aromatic heterocycles. The van der Waals surface area contributed by atoms with Crippen LogP contribution in [0.4, 0.5) is 14.5 Å². The zero-order chi connectivity index (χ0) is 16.7. The van der Waals surface area contributed by atoms with Crippen LogP contribution in [-0.2, 0) is 6.42 Å². The molecule has 0 atom stereocenters. The average molecular weight is 322 g/mol. The number of halogens is 2. The number of aromatic nitrogens is 1. The van der Waals surface area contributed by atoms with Crippen molar-refractivity contribution in [1.29, 1.82) is 0 Å². The molecule has 0 spiro atoms. The summed E-state index contributed by atoms with van der Waals surface area (Å²) < 4.78 is 29.4. The lowest BCUT2D eigenvalue weighted by Crippen LogP contribution is -2.17. The molecule has 0 fully saturated rings. The van der Waals surface area contributed by atoms with Crippen LogP contribution in [0.25, 0.3) is 0 Å². The summed E-state index contributed by atoms with van der Waals surface area (Å²) in [5.41, 5.74) is 1.40. The summed E-state index contributed by atoms with van der Waals surface area (Å²) in [5.74, 6) is -0.549. The molecule has 122 valence electrons. The van der Waals surface area contributed by atoms with Crippen molar-refractivity contribution < 1.29 is 23.4 Å². The molecule has 0 saturated carbocycles. The third kappa shape index (κ3) is 5.00. The molecule has 0 bridgehead atoms. The minimum Gasteiger partial charge on any atom is -0.485 e. The van der Waals surface area contributed by atoms with Crippen LogP contribution in [0.15, 0.2) is 42.6 Å². The van der Waals surface area contributed by atoms with E-state index in [4.69, 9.17) is 9.84 Å². The number of benzene rings is 1. The van der Waals surface area contributed by atoms with E-state index in [1.807, 2.05) is 0 Å². The van der Waals surface area contributed by atoms with Gasteiger partial charge in [-0.05, 0) is 36.2 Å². The molecule has 0 saturated heterocycles. The Bertz CT molecular complexity index is 648. The standard InChI is InChI=1S/C16H16F2N2O3/c17-14(18)10-23-13-2-1-8-19-15(13)16(22)20-12-5-3-11(4-6-12)7-9-21/h1-6,8,14,21H,7,9-10H2,(H,20,22). The van der Waals surface area contributed by atoms with Gasteiger partial charge in [-0.25, -0.2) is 13.8 Å². The first-order valence-electron chi connectivity index (χ1n) is 6.97. The van der Waals surface area contributed by atoms with E-state index in [9.17, 15) is 13.6 Å². The first kappa shape index (κ1) is 16.8. The first-order chi connectivity index (χ1) is 11.1. The summed E-state index contributed by atoms with van der Waals surface area (Å²) >= 11 is 0. The Morgan fingerprint density at radius 3 is 2.65 bits per heavy atom. The predicted octanol–water partition coefficient (Wildman–Crippen LogP) is 2.51.